The number of ether oxygens (including phenoxy) is 1. The summed E-state index contributed by atoms with van der Waals surface area (Å²) in [5, 5.41) is 5.59. The maximum atomic E-state index is 12.5. The van der Waals surface area contributed by atoms with Crippen LogP contribution in [0.25, 0.3) is 0 Å². The van der Waals surface area contributed by atoms with E-state index in [1.807, 2.05) is 6.26 Å². The molecule has 0 aromatic rings. The molecule has 0 radical (unpaired) electrons. The third-order valence-corrected chi connectivity index (χ3v) is 4.24. The van der Waals surface area contributed by atoms with Crippen LogP contribution in [0.3, 0.4) is 0 Å². The predicted octanol–water partition coefficient (Wildman–Crippen LogP) is 1.37. The van der Waals surface area contributed by atoms with E-state index < -0.39 is 17.7 Å². The number of hydrogen-bond acceptors (Lipinski definition) is 5. The van der Waals surface area contributed by atoms with E-state index in [0.717, 1.165) is 5.75 Å². The number of hydrogen-bond donors (Lipinski definition) is 2. The molecule has 0 saturated carbocycles. The van der Waals surface area contributed by atoms with Crippen LogP contribution in [0.5, 0.6) is 0 Å². The van der Waals surface area contributed by atoms with Gasteiger partial charge < -0.3 is 20.3 Å². The Bertz CT molecular complexity index is 465. The summed E-state index contributed by atoms with van der Waals surface area (Å²) in [4.78, 5) is 37.6. The molecule has 1 fully saturated rings. The molecule has 7 nitrogen and oxygen atoms in total. The van der Waals surface area contributed by atoms with Crippen molar-refractivity contribution in [3.8, 4) is 0 Å². The number of likely N-dealkylation sites (tertiary alicyclic amines) is 1. The highest BCUT2D eigenvalue weighted by Crippen LogP contribution is 2.11. The second-order valence-corrected chi connectivity index (χ2v) is 7.98. The van der Waals surface area contributed by atoms with E-state index in [0.29, 0.717) is 25.8 Å². The molecule has 1 aliphatic rings. The van der Waals surface area contributed by atoms with Crippen LogP contribution in [0, 0.1) is 0 Å². The highest BCUT2D eigenvalue weighted by molar-refractivity contribution is 7.98. The molecule has 8 heteroatoms. The van der Waals surface area contributed by atoms with Crippen molar-refractivity contribution in [2.75, 3.05) is 25.6 Å². The van der Waals surface area contributed by atoms with Gasteiger partial charge in [-0.15, -0.1) is 0 Å². The van der Waals surface area contributed by atoms with Gasteiger partial charge in [-0.25, -0.2) is 4.79 Å². The Morgan fingerprint density at radius 2 is 2.08 bits per heavy atom. The number of likely N-dealkylation sites (N-methyl/N-ethyl adjacent to an activating group) is 1. The lowest BCUT2D eigenvalue weighted by Gasteiger charge is -2.31. The van der Waals surface area contributed by atoms with Crippen molar-refractivity contribution in [3.63, 3.8) is 0 Å². The number of carbonyl (C=O) groups excluding carboxylic acids is 3. The summed E-state index contributed by atoms with van der Waals surface area (Å²) < 4.78 is 5.23. The van der Waals surface area contributed by atoms with Crippen molar-refractivity contribution in [2.24, 2.45) is 0 Å². The normalized spacial score (nSPS) is 19.6. The summed E-state index contributed by atoms with van der Waals surface area (Å²) in [6.45, 7) is 5.82. The molecule has 1 rings (SSSR count). The molecule has 0 spiro atoms. The van der Waals surface area contributed by atoms with E-state index in [1.54, 1.807) is 44.5 Å². The van der Waals surface area contributed by atoms with Gasteiger partial charge in [-0.05, 0) is 45.6 Å². The number of nitrogens with one attached hydrogen (secondary N) is 2. The molecule has 0 unspecified atom stereocenters. The molecule has 24 heavy (non-hydrogen) atoms. The number of carbonyl (C=O) groups is 3. The first-order chi connectivity index (χ1) is 11.1. The first-order valence-corrected chi connectivity index (χ1v) is 9.54. The van der Waals surface area contributed by atoms with Crippen molar-refractivity contribution >= 4 is 29.7 Å². The van der Waals surface area contributed by atoms with Gasteiger partial charge >= 0.3 is 6.09 Å². The fourth-order valence-corrected chi connectivity index (χ4v) is 2.86. The van der Waals surface area contributed by atoms with Gasteiger partial charge in [0.25, 0.3) is 0 Å². The van der Waals surface area contributed by atoms with E-state index in [9.17, 15) is 14.4 Å². The van der Waals surface area contributed by atoms with Gasteiger partial charge in [0.15, 0.2) is 0 Å². The molecule has 1 saturated heterocycles. The largest absolute Gasteiger partial charge is 0.444 e. The highest BCUT2D eigenvalue weighted by atomic mass is 32.2. The SMILES string of the molecule is CSCC[C@H](NC(=O)OC(C)(C)C)C(=O)N[C@@H]1CCC(=O)N(C)C1. The molecule has 138 valence electrons. The van der Waals surface area contributed by atoms with Crippen molar-refractivity contribution in [2.45, 2.75) is 57.7 Å². The predicted molar refractivity (Wildman–Crippen MR) is 95.0 cm³/mol. The van der Waals surface area contributed by atoms with Gasteiger partial charge in [0.05, 0.1) is 0 Å². The maximum Gasteiger partial charge on any atom is 0.408 e. The Morgan fingerprint density at radius 3 is 2.62 bits per heavy atom. The molecule has 2 atom stereocenters. The minimum atomic E-state index is -0.643. The highest BCUT2D eigenvalue weighted by Gasteiger charge is 2.28. The zero-order chi connectivity index (χ0) is 18.3. The lowest BCUT2D eigenvalue weighted by Crippen LogP contribution is -2.54. The van der Waals surface area contributed by atoms with Gasteiger partial charge in [-0.3, -0.25) is 9.59 Å². The van der Waals surface area contributed by atoms with E-state index in [2.05, 4.69) is 10.6 Å². The van der Waals surface area contributed by atoms with E-state index in [-0.39, 0.29) is 17.9 Å². The van der Waals surface area contributed by atoms with Crippen molar-refractivity contribution in [3.05, 3.63) is 0 Å². The van der Waals surface area contributed by atoms with Crippen LogP contribution in [-0.4, -0.2) is 66.1 Å². The van der Waals surface area contributed by atoms with E-state index in [4.69, 9.17) is 4.74 Å². The van der Waals surface area contributed by atoms with Crippen LogP contribution in [0.1, 0.15) is 40.0 Å². The summed E-state index contributed by atoms with van der Waals surface area (Å²) in [6, 6.07) is -0.729. The monoisotopic (exact) mass is 359 g/mol. The van der Waals surface area contributed by atoms with Gasteiger partial charge in [-0.1, -0.05) is 0 Å². The Labute approximate surface area is 148 Å². The fraction of sp³-hybridized carbons (Fsp3) is 0.812. The molecule has 1 heterocycles. The summed E-state index contributed by atoms with van der Waals surface area (Å²) >= 11 is 1.61. The molecule has 0 aliphatic carbocycles. The lowest BCUT2D eigenvalue weighted by molar-refractivity contribution is -0.134. The van der Waals surface area contributed by atoms with Gasteiger partial charge in [-0.2, -0.15) is 11.8 Å². The number of piperidine rings is 1. The standard InChI is InChI=1S/C16H29N3O4S/c1-16(2,3)23-15(22)18-12(8-9-24-5)14(21)17-11-6-7-13(20)19(4)10-11/h11-12H,6-10H2,1-5H3,(H,17,21)(H,18,22)/t11-,12+/m1/s1. The third-order valence-electron chi connectivity index (χ3n) is 3.59. The van der Waals surface area contributed by atoms with Crippen LogP contribution in [0.15, 0.2) is 0 Å². The smallest absolute Gasteiger partial charge is 0.408 e. The summed E-state index contributed by atoms with van der Waals surface area (Å²) in [5.41, 5.74) is -0.614. The third kappa shape index (κ3) is 7.42. The Kier molecular flexibility index (Phi) is 7.86. The van der Waals surface area contributed by atoms with E-state index >= 15 is 0 Å². The topological polar surface area (TPSA) is 87.7 Å². The number of rotatable bonds is 6. The number of thioether (sulfide) groups is 1. The Balaban J connectivity index is 2.60. The second kappa shape index (κ2) is 9.15. The number of amides is 3. The lowest BCUT2D eigenvalue weighted by atomic mass is 10.0. The molecule has 2 N–H and O–H groups in total. The summed E-state index contributed by atoms with van der Waals surface area (Å²) in [7, 11) is 1.73. The molecule has 3 amide bonds. The zero-order valence-corrected chi connectivity index (χ0v) is 16.0. The first-order valence-electron chi connectivity index (χ1n) is 8.15. The zero-order valence-electron chi connectivity index (χ0n) is 15.2. The average molecular weight is 359 g/mol. The van der Waals surface area contributed by atoms with Crippen LogP contribution in [-0.2, 0) is 14.3 Å². The van der Waals surface area contributed by atoms with Crippen molar-refractivity contribution < 1.29 is 19.1 Å². The van der Waals surface area contributed by atoms with Crippen LogP contribution in [0.2, 0.25) is 0 Å². The van der Waals surface area contributed by atoms with Crippen LogP contribution in [0.4, 0.5) is 4.79 Å². The minimum Gasteiger partial charge on any atom is -0.444 e. The summed E-state index contributed by atoms with van der Waals surface area (Å²) in [5.74, 6) is 0.602. The molecule has 0 aromatic carbocycles. The Morgan fingerprint density at radius 1 is 1.42 bits per heavy atom. The minimum absolute atomic E-state index is 0.0857. The van der Waals surface area contributed by atoms with E-state index in [1.165, 1.54) is 0 Å². The first kappa shape index (κ1) is 20.6. The van der Waals surface area contributed by atoms with Crippen LogP contribution >= 0.6 is 11.8 Å². The van der Waals surface area contributed by atoms with Crippen molar-refractivity contribution in [1.82, 2.24) is 15.5 Å². The fourth-order valence-electron chi connectivity index (χ4n) is 2.39. The number of alkyl carbamates (subject to hydrolysis) is 1. The van der Waals surface area contributed by atoms with Gasteiger partial charge in [0.1, 0.15) is 11.6 Å². The Hall–Kier alpha value is -1.44. The number of nitrogens with zero attached hydrogens (tertiary/aromatic N) is 1. The summed E-state index contributed by atoms with van der Waals surface area (Å²) in [6.07, 6.45) is 2.92. The van der Waals surface area contributed by atoms with Crippen molar-refractivity contribution in [1.29, 1.82) is 0 Å². The quantitative estimate of drug-likeness (QED) is 0.748. The molecule has 0 bridgehead atoms. The van der Waals surface area contributed by atoms with Crippen LogP contribution < -0.4 is 10.6 Å². The van der Waals surface area contributed by atoms with Gasteiger partial charge in [0, 0.05) is 26.1 Å². The average Bonchev–Trinajstić information content (AvgIpc) is 2.45. The maximum absolute atomic E-state index is 12.5. The second-order valence-electron chi connectivity index (χ2n) is 7.00. The molecule has 0 aromatic heterocycles. The molecular weight excluding hydrogens is 330 g/mol. The molecule has 1 aliphatic heterocycles. The molecular formula is C16H29N3O4S. The van der Waals surface area contributed by atoms with Gasteiger partial charge in [0.2, 0.25) is 11.8 Å².